The Hall–Kier alpha value is -2.75. The highest BCUT2D eigenvalue weighted by atomic mass is 32.2. The average Bonchev–Trinajstić information content (AvgIpc) is 2.78. The van der Waals surface area contributed by atoms with Crippen LogP contribution in [-0.4, -0.2) is 38.3 Å². The number of nitrogens with zero attached hydrogens (tertiary/aromatic N) is 2. The summed E-state index contributed by atoms with van der Waals surface area (Å²) >= 11 is 0. The van der Waals surface area contributed by atoms with Gasteiger partial charge in [-0.2, -0.15) is 17.2 Å². The summed E-state index contributed by atoms with van der Waals surface area (Å²) in [5.74, 6) is -4.08. The van der Waals surface area contributed by atoms with Gasteiger partial charge in [0.05, 0.1) is 5.69 Å². The first-order valence-corrected chi connectivity index (χ1v) is 11.2. The zero-order chi connectivity index (χ0) is 22.6. The van der Waals surface area contributed by atoms with E-state index in [0.717, 1.165) is 5.56 Å². The zero-order valence-electron chi connectivity index (χ0n) is 16.9. The highest BCUT2D eigenvalue weighted by molar-refractivity contribution is 7.92. The van der Waals surface area contributed by atoms with E-state index in [0.29, 0.717) is 31.5 Å². The number of benzene rings is 2. The molecule has 2 aromatic carbocycles. The van der Waals surface area contributed by atoms with Crippen molar-refractivity contribution in [3.8, 4) is 0 Å². The van der Waals surface area contributed by atoms with Crippen LogP contribution in [0.4, 0.5) is 23.7 Å². The van der Waals surface area contributed by atoms with Gasteiger partial charge in [0.2, 0.25) is 0 Å². The summed E-state index contributed by atoms with van der Waals surface area (Å²) in [4.78, 5) is 14.0. The molecule has 0 aliphatic carbocycles. The Kier molecular flexibility index (Phi) is 7.09. The quantitative estimate of drug-likeness (QED) is 0.588. The molecule has 31 heavy (non-hydrogen) atoms. The van der Waals surface area contributed by atoms with Gasteiger partial charge in [-0.1, -0.05) is 51.5 Å². The minimum absolute atomic E-state index is 0.137. The molecular weight excluding hydrogens is 433 g/mol. The third kappa shape index (κ3) is 5.30. The molecule has 1 fully saturated rings. The zero-order valence-corrected chi connectivity index (χ0v) is 17.7. The second-order valence-electron chi connectivity index (χ2n) is 7.39. The number of halogens is 3. The predicted octanol–water partition coefficient (Wildman–Crippen LogP) is 4.75. The number of likely N-dealkylation sites (tertiary alicyclic amines) is 1. The van der Waals surface area contributed by atoms with Crippen molar-refractivity contribution in [2.45, 2.75) is 38.0 Å². The number of ether oxygens (including phenoxy) is 1. The van der Waals surface area contributed by atoms with E-state index < -0.39 is 32.1 Å². The van der Waals surface area contributed by atoms with Crippen LogP contribution in [0, 0.1) is 6.92 Å². The Morgan fingerprint density at radius 3 is 2.61 bits per heavy atom. The Labute approximate surface area is 179 Å². The van der Waals surface area contributed by atoms with Gasteiger partial charge in [0.15, 0.2) is 0 Å². The predicted molar refractivity (Wildman–Crippen MR) is 110 cm³/mol. The minimum Gasteiger partial charge on any atom is -0.445 e. The molecule has 1 amide bonds. The van der Waals surface area contributed by atoms with E-state index in [4.69, 9.17) is 4.74 Å². The maximum atomic E-state index is 14.3. The molecule has 0 N–H and O–H groups in total. The van der Waals surface area contributed by atoms with Crippen molar-refractivity contribution in [2.75, 3.05) is 17.6 Å². The van der Waals surface area contributed by atoms with Crippen molar-refractivity contribution in [1.29, 1.82) is 0 Å². The third-order valence-electron chi connectivity index (χ3n) is 5.23. The standard InChI is InChI=1S/C21H23F3N2O4S/c1-15-9-10-17(12-19(15)26(24)31(28,29)20(22)23)18-8-5-11-25(13-18)21(27)30-14-16-6-3-2-4-7-16/h2-4,6-7,9-10,12,18,20H,5,8,11,13-14H2,1H3. The van der Waals surface area contributed by atoms with E-state index >= 15 is 0 Å². The molecule has 1 unspecified atom stereocenters. The molecule has 1 atom stereocenters. The number of sulfonamides is 1. The van der Waals surface area contributed by atoms with Gasteiger partial charge < -0.3 is 9.64 Å². The van der Waals surface area contributed by atoms with Crippen LogP contribution >= 0.6 is 0 Å². The Balaban J connectivity index is 1.72. The fourth-order valence-electron chi connectivity index (χ4n) is 3.50. The molecule has 0 aromatic heterocycles. The van der Waals surface area contributed by atoms with Crippen LogP contribution in [0.5, 0.6) is 0 Å². The molecule has 2 aromatic rings. The molecule has 3 rings (SSSR count). The maximum absolute atomic E-state index is 14.3. The highest BCUT2D eigenvalue weighted by Crippen LogP contribution is 2.33. The van der Waals surface area contributed by atoms with Crippen molar-refractivity contribution in [3.05, 3.63) is 65.2 Å². The van der Waals surface area contributed by atoms with Gasteiger partial charge in [0.25, 0.3) is 0 Å². The Morgan fingerprint density at radius 2 is 1.94 bits per heavy atom. The number of hydrogen-bond acceptors (Lipinski definition) is 4. The molecule has 1 heterocycles. The SMILES string of the molecule is Cc1ccc(C2CCCN(C(=O)OCc3ccccc3)C2)cc1N(F)S(=O)(=O)C(F)F. The molecule has 1 aliphatic heterocycles. The fraction of sp³-hybridized carbons (Fsp3) is 0.381. The van der Waals surface area contributed by atoms with E-state index in [-0.39, 0.29) is 18.1 Å². The van der Waals surface area contributed by atoms with E-state index in [1.54, 1.807) is 11.0 Å². The number of carbonyl (C=O) groups is 1. The van der Waals surface area contributed by atoms with Gasteiger partial charge in [-0.25, -0.2) is 4.79 Å². The number of alkyl halides is 2. The van der Waals surface area contributed by atoms with Crippen LogP contribution in [0.15, 0.2) is 48.5 Å². The second kappa shape index (κ2) is 9.59. The van der Waals surface area contributed by atoms with Gasteiger partial charge in [-0.15, -0.1) is 0 Å². The van der Waals surface area contributed by atoms with Gasteiger partial charge in [0, 0.05) is 19.0 Å². The average molecular weight is 456 g/mol. The van der Waals surface area contributed by atoms with Gasteiger partial charge in [-0.05, 0) is 42.5 Å². The summed E-state index contributed by atoms with van der Waals surface area (Å²) in [5.41, 5.74) is 1.16. The summed E-state index contributed by atoms with van der Waals surface area (Å²) in [6.45, 7) is 2.36. The molecule has 0 spiro atoms. The lowest BCUT2D eigenvalue weighted by molar-refractivity contribution is 0.0859. The number of amides is 1. The number of carbonyl (C=O) groups excluding carboxylic acids is 1. The normalized spacial score (nSPS) is 16.9. The van der Waals surface area contributed by atoms with E-state index in [1.165, 1.54) is 19.1 Å². The van der Waals surface area contributed by atoms with E-state index in [9.17, 15) is 26.5 Å². The smallest absolute Gasteiger partial charge is 0.410 e. The molecule has 168 valence electrons. The van der Waals surface area contributed by atoms with Crippen molar-refractivity contribution < 1.29 is 31.2 Å². The lowest BCUT2D eigenvalue weighted by atomic mass is 9.90. The Bertz CT molecular complexity index is 1020. The van der Waals surface area contributed by atoms with E-state index in [1.807, 2.05) is 30.3 Å². The number of rotatable bonds is 6. The summed E-state index contributed by atoms with van der Waals surface area (Å²) in [5, 5.41) is 0. The minimum atomic E-state index is -5.41. The van der Waals surface area contributed by atoms with Crippen LogP contribution in [0.2, 0.25) is 0 Å². The first-order chi connectivity index (χ1) is 14.7. The lowest BCUT2D eigenvalue weighted by Gasteiger charge is -2.32. The maximum Gasteiger partial charge on any atom is 0.410 e. The molecule has 0 bridgehead atoms. The molecule has 10 heteroatoms. The third-order valence-corrected chi connectivity index (χ3v) is 6.32. The van der Waals surface area contributed by atoms with Crippen LogP contribution in [0.3, 0.4) is 0 Å². The molecule has 0 radical (unpaired) electrons. The Morgan fingerprint density at radius 1 is 1.23 bits per heavy atom. The van der Waals surface area contributed by atoms with Crippen LogP contribution in [0.25, 0.3) is 0 Å². The highest BCUT2D eigenvalue weighted by Gasteiger charge is 2.34. The molecule has 1 saturated heterocycles. The summed E-state index contributed by atoms with van der Waals surface area (Å²) in [7, 11) is -5.41. The lowest BCUT2D eigenvalue weighted by Crippen LogP contribution is -2.39. The van der Waals surface area contributed by atoms with E-state index in [2.05, 4.69) is 0 Å². The number of piperidine rings is 1. The van der Waals surface area contributed by atoms with Crippen LogP contribution in [0.1, 0.15) is 35.4 Å². The van der Waals surface area contributed by atoms with Crippen molar-refractivity contribution >= 4 is 21.8 Å². The summed E-state index contributed by atoms with van der Waals surface area (Å²) in [6, 6.07) is 13.7. The summed E-state index contributed by atoms with van der Waals surface area (Å²) in [6.07, 6.45) is 0.871. The van der Waals surface area contributed by atoms with Gasteiger partial charge >= 0.3 is 21.9 Å². The number of aryl methyl sites for hydroxylation is 1. The molecule has 0 saturated carbocycles. The number of hydrogen-bond donors (Lipinski definition) is 0. The van der Waals surface area contributed by atoms with Crippen molar-refractivity contribution in [3.63, 3.8) is 0 Å². The topological polar surface area (TPSA) is 66.9 Å². The van der Waals surface area contributed by atoms with Gasteiger partial charge in [0.1, 0.15) is 6.61 Å². The monoisotopic (exact) mass is 456 g/mol. The van der Waals surface area contributed by atoms with Crippen LogP contribution < -0.4 is 4.53 Å². The van der Waals surface area contributed by atoms with Crippen molar-refractivity contribution in [2.24, 2.45) is 0 Å². The molecular formula is C21H23F3N2O4S. The first kappa shape index (κ1) is 22.9. The van der Waals surface area contributed by atoms with Crippen molar-refractivity contribution in [1.82, 2.24) is 4.90 Å². The largest absolute Gasteiger partial charge is 0.445 e. The number of anilines is 1. The summed E-state index contributed by atoms with van der Waals surface area (Å²) < 4.78 is 67.4. The molecule has 1 aliphatic rings. The van der Waals surface area contributed by atoms with Crippen LogP contribution in [-0.2, 0) is 21.4 Å². The van der Waals surface area contributed by atoms with Gasteiger partial charge in [-0.3, -0.25) is 0 Å². The first-order valence-electron chi connectivity index (χ1n) is 9.74. The molecule has 6 nitrogen and oxygen atoms in total. The fourth-order valence-corrected chi connectivity index (χ4v) is 4.11. The second-order valence-corrected chi connectivity index (χ2v) is 9.10.